The number of hydrogen-bond donors (Lipinski definition) is 2. The summed E-state index contributed by atoms with van der Waals surface area (Å²) in [5.74, 6) is 1.44. The molecule has 0 aliphatic carbocycles. The molecule has 104 valence electrons. The van der Waals surface area contributed by atoms with E-state index in [1.54, 1.807) is 0 Å². The van der Waals surface area contributed by atoms with E-state index in [2.05, 4.69) is 0 Å². The highest BCUT2D eigenvalue weighted by atomic mass is 35.5. The summed E-state index contributed by atoms with van der Waals surface area (Å²) in [7, 11) is 0. The van der Waals surface area contributed by atoms with Gasteiger partial charge in [0.15, 0.2) is 11.5 Å². The Hall–Kier alpha value is -0.970. The first-order valence-electron chi connectivity index (χ1n) is 5.98. The maximum atomic E-state index is 8.87. The van der Waals surface area contributed by atoms with Gasteiger partial charge in [0.25, 0.3) is 0 Å². The summed E-state index contributed by atoms with van der Waals surface area (Å²) < 4.78 is 11.0. The van der Waals surface area contributed by atoms with Crippen LogP contribution in [0.2, 0.25) is 0 Å². The van der Waals surface area contributed by atoms with Crippen molar-refractivity contribution in [3.05, 3.63) is 23.8 Å². The Bertz CT molecular complexity index is 347. The van der Waals surface area contributed by atoms with Crippen LogP contribution in [0.4, 0.5) is 0 Å². The van der Waals surface area contributed by atoms with Gasteiger partial charge in [0, 0.05) is 12.6 Å². The number of rotatable bonds is 7. The zero-order chi connectivity index (χ0) is 12.7. The molecule has 0 bridgehead atoms. The lowest BCUT2D eigenvalue weighted by atomic mass is 10.0. The summed E-state index contributed by atoms with van der Waals surface area (Å²) >= 11 is 0. The first-order chi connectivity index (χ1) is 8.22. The standard InChI is InChI=1S/C13H21NO3.ClH/c1-3-16-12-6-5-10(11(14)7-8-15)9-13(12)17-4-2;/h5-6,9,11,15H,3-4,7-8,14H2,1-2H3;1H. The van der Waals surface area contributed by atoms with Crippen molar-refractivity contribution in [3.8, 4) is 11.5 Å². The molecule has 3 N–H and O–H groups in total. The summed E-state index contributed by atoms with van der Waals surface area (Å²) in [6, 6.07) is 5.49. The Morgan fingerprint density at radius 1 is 1.17 bits per heavy atom. The van der Waals surface area contributed by atoms with Crippen molar-refractivity contribution >= 4 is 12.4 Å². The van der Waals surface area contributed by atoms with Gasteiger partial charge in [-0.1, -0.05) is 6.07 Å². The van der Waals surface area contributed by atoms with Crippen LogP contribution in [0.3, 0.4) is 0 Å². The molecular weight excluding hydrogens is 254 g/mol. The Morgan fingerprint density at radius 3 is 2.33 bits per heavy atom. The Labute approximate surface area is 115 Å². The number of ether oxygens (including phenoxy) is 2. The smallest absolute Gasteiger partial charge is 0.161 e. The largest absolute Gasteiger partial charge is 0.490 e. The Morgan fingerprint density at radius 2 is 1.78 bits per heavy atom. The van der Waals surface area contributed by atoms with Gasteiger partial charge in [-0.2, -0.15) is 0 Å². The second-order valence-electron chi connectivity index (χ2n) is 3.69. The van der Waals surface area contributed by atoms with E-state index in [1.165, 1.54) is 0 Å². The first-order valence-corrected chi connectivity index (χ1v) is 5.98. The number of aliphatic hydroxyl groups excluding tert-OH is 1. The topological polar surface area (TPSA) is 64.7 Å². The van der Waals surface area contributed by atoms with Gasteiger partial charge in [0.2, 0.25) is 0 Å². The van der Waals surface area contributed by atoms with Crippen molar-refractivity contribution in [2.45, 2.75) is 26.3 Å². The van der Waals surface area contributed by atoms with Gasteiger partial charge in [-0.15, -0.1) is 12.4 Å². The Kier molecular flexibility index (Phi) is 8.54. The minimum Gasteiger partial charge on any atom is -0.490 e. The van der Waals surface area contributed by atoms with Gasteiger partial charge in [-0.05, 0) is 38.0 Å². The number of aliphatic hydroxyl groups is 1. The normalized spacial score (nSPS) is 11.6. The average Bonchev–Trinajstić information content (AvgIpc) is 2.32. The molecule has 0 saturated carbocycles. The maximum Gasteiger partial charge on any atom is 0.161 e. The molecule has 1 atom stereocenters. The van der Waals surface area contributed by atoms with Crippen LogP contribution in [0, 0.1) is 0 Å². The van der Waals surface area contributed by atoms with Gasteiger partial charge in [-0.3, -0.25) is 0 Å². The van der Waals surface area contributed by atoms with E-state index in [1.807, 2.05) is 32.0 Å². The molecule has 5 heteroatoms. The van der Waals surface area contributed by atoms with E-state index in [4.69, 9.17) is 20.3 Å². The lowest BCUT2D eigenvalue weighted by Crippen LogP contribution is -2.12. The van der Waals surface area contributed by atoms with Crippen LogP contribution in [0.5, 0.6) is 11.5 Å². The van der Waals surface area contributed by atoms with Crippen molar-refractivity contribution in [3.63, 3.8) is 0 Å². The fourth-order valence-corrected chi connectivity index (χ4v) is 1.60. The third kappa shape index (κ3) is 4.72. The molecule has 0 aliphatic heterocycles. The van der Waals surface area contributed by atoms with Crippen LogP contribution in [0.15, 0.2) is 18.2 Å². The number of benzene rings is 1. The molecule has 0 aliphatic rings. The SMILES string of the molecule is CCOc1ccc(C(N)CCO)cc1OCC.Cl. The Balaban J connectivity index is 0.00000289. The highest BCUT2D eigenvalue weighted by molar-refractivity contribution is 5.85. The zero-order valence-corrected chi connectivity index (χ0v) is 11.7. The molecule has 0 radical (unpaired) electrons. The summed E-state index contributed by atoms with van der Waals surface area (Å²) in [5.41, 5.74) is 6.89. The zero-order valence-electron chi connectivity index (χ0n) is 10.9. The van der Waals surface area contributed by atoms with Crippen molar-refractivity contribution in [1.82, 2.24) is 0 Å². The van der Waals surface area contributed by atoms with Crippen LogP contribution >= 0.6 is 12.4 Å². The van der Waals surface area contributed by atoms with E-state index < -0.39 is 0 Å². The number of halogens is 1. The second kappa shape index (κ2) is 9.03. The summed E-state index contributed by atoms with van der Waals surface area (Å²) in [6.45, 7) is 5.12. The number of hydrogen-bond acceptors (Lipinski definition) is 4. The first kappa shape index (κ1) is 17.0. The molecule has 1 unspecified atom stereocenters. The molecule has 18 heavy (non-hydrogen) atoms. The van der Waals surface area contributed by atoms with Crippen molar-refractivity contribution in [2.24, 2.45) is 5.73 Å². The minimum atomic E-state index is -0.171. The third-order valence-electron chi connectivity index (χ3n) is 2.44. The summed E-state index contributed by atoms with van der Waals surface area (Å²) in [5, 5.41) is 8.87. The fraction of sp³-hybridized carbons (Fsp3) is 0.538. The van der Waals surface area contributed by atoms with Gasteiger partial charge >= 0.3 is 0 Å². The van der Waals surface area contributed by atoms with E-state index >= 15 is 0 Å². The minimum absolute atomic E-state index is 0. The second-order valence-corrected chi connectivity index (χ2v) is 3.69. The van der Waals surface area contributed by atoms with Gasteiger partial charge in [0.1, 0.15) is 0 Å². The highest BCUT2D eigenvalue weighted by Gasteiger charge is 2.10. The van der Waals surface area contributed by atoms with E-state index in [0.717, 1.165) is 11.3 Å². The molecule has 0 fully saturated rings. The van der Waals surface area contributed by atoms with Crippen molar-refractivity contribution < 1.29 is 14.6 Å². The average molecular weight is 276 g/mol. The highest BCUT2D eigenvalue weighted by Crippen LogP contribution is 2.30. The molecule has 4 nitrogen and oxygen atoms in total. The van der Waals surface area contributed by atoms with Crippen LogP contribution in [-0.4, -0.2) is 24.9 Å². The molecule has 0 spiro atoms. The molecular formula is C13H22ClNO3. The molecule has 1 aromatic rings. The summed E-state index contributed by atoms with van der Waals surface area (Å²) in [4.78, 5) is 0. The molecule has 0 amide bonds. The van der Waals surface area contributed by atoms with Crippen LogP contribution in [0.1, 0.15) is 31.9 Å². The lowest BCUT2D eigenvalue weighted by Gasteiger charge is -2.15. The number of nitrogens with two attached hydrogens (primary N) is 1. The van der Waals surface area contributed by atoms with Crippen molar-refractivity contribution in [2.75, 3.05) is 19.8 Å². The molecule has 0 saturated heterocycles. The van der Waals surface area contributed by atoms with Crippen LogP contribution in [0.25, 0.3) is 0 Å². The van der Waals surface area contributed by atoms with Gasteiger partial charge in [0.05, 0.1) is 13.2 Å². The molecule has 0 heterocycles. The van der Waals surface area contributed by atoms with Gasteiger partial charge in [-0.25, -0.2) is 0 Å². The maximum absolute atomic E-state index is 8.87. The van der Waals surface area contributed by atoms with E-state index in [-0.39, 0.29) is 25.1 Å². The lowest BCUT2D eigenvalue weighted by molar-refractivity contribution is 0.275. The summed E-state index contributed by atoms with van der Waals surface area (Å²) in [6.07, 6.45) is 0.541. The monoisotopic (exact) mass is 275 g/mol. The molecule has 0 aromatic heterocycles. The van der Waals surface area contributed by atoms with Crippen LogP contribution < -0.4 is 15.2 Å². The van der Waals surface area contributed by atoms with Crippen molar-refractivity contribution in [1.29, 1.82) is 0 Å². The molecule has 1 aromatic carbocycles. The molecule has 1 rings (SSSR count). The predicted molar refractivity (Wildman–Crippen MR) is 74.7 cm³/mol. The predicted octanol–water partition coefficient (Wildman–Crippen LogP) is 2.29. The van der Waals surface area contributed by atoms with E-state index in [9.17, 15) is 0 Å². The van der Waals surface area contributed by atoms with Crippen LogP contribution in [-0.2, 0) is 0 Å². The van der Waals surface area contributed by atoms with Gasteiger partial charge < -0.3 is 20.3 Å². The third-order valence-corrected chi connectivity index (χ3v) is 2.44. The fourth-order valence-electron chi connectivity index (χ4n) is 1.60. The van der Waals surface area contributed by atoms with E-state index in [0.29, 0.717) is 25.4 Å². The quantitative estimate of drug-likeness (QED) is 0.801.